The lowest BCUT2D eigenvalue weighted by Gasteiger charge is -2.15. The summed E-state index contributed by atoms with van der Waals surface area (Å²) in [7, 11) is 0. The molecule has 2 N–H and O–H groups in total. The van der Waals surface area contributed by atoms with Gasteiger partial charge in [-0.05, 0) is 36.1 Å². The molecule has 0 heterocycles. The minimum atomic E-state index is -0.576. The number of hydrogen-bond donors (Lipinski definition) is 2. The average Bonchev–Trinajstić information content (AvgIpc) is 2.61. The maximum atomic E-state index is 12.1. The fourth-order valence-corrected chi connectivity index (χ4v) is 2.66. The van der Waals surface area contributed by atoms with E-state index in [4.69, 9.17) is 11.6 Å². The van der Waals surface area contributed by atoms with Gasteiger partial charge in [0.15, 0.2) is 0 Å². The average molecular weight is 376 g/mol. The van der Waals surface area contributed by atoms with Crippen molar-refractivity contribution in [3.63, 3.8) is 0 Å². The standard InChI is InChI=1S/C19H22ClN3O3/c1-12(2)14-4-6-15(7-5-14)13(3)21-11-19(24)22-17-9-8-16(20)10-18(17)23(25)26/h4-10,12-13,21H,11H2,1-3H3,(H,22,24)/t13-/m1/s1. The van der Waals surface area contributed by atoms with Crippen molar-refractivity contribution in [2.24, 2.45) is 0 Å². The molecule has 1 amide bonds. The van der Waals surface area contributed by atoms with Crippen LogP contribution in [0.2, 0.25) is 5.02 Å². The van der Waals surface area contributed by atoms with Crippen LogP contribution in [0.3, 0.4) is 0 Å². The van der Waals surface area contributed by atoms with Crippen molar-refractivity contribution < 1.29 is 9.72 Å². The molecular weight excluding hydrogens is 354 g/mol. The molecule has 2 aromatic carbocycles. The molecule has 1 atom stereocenters. The molecular formula is C19H22ClN3O3. The first-order valence-corrected chi connectivity index (χ1v) is 8.72. The number of nitrogens with one attached hydrogen (secondary N) is 2. The monoisotopic (exact) mass is 375 g/mol. The van der Waals surface area contributed by atoms with Crippen LogP contribution in [-0.4, -0.2) is 17.4 Å². The van der Waals surface area contributed by atoms with E-state index in [9.17, 15) is 14.9 Å². The Labute approximate surface area is 157 Å². The quantitative estimate of drug-likeness (QED) is 0.544. The largest absolute Gasteiger partial charge is 0.319 e. The van der Waals surface area contributed by atoms with Gasteiger partial charge in [-0.15, -0.1) is 0 Å². The van der Waals surface area contributed by atoms with Gasteiger partial charge in [0.1, 0.15) is 5.69 Å². The van der Waals surface area contributed by atoms with Gasteiger partial charge in [-0.2, -0.15) is 0 Å². The van der Waals surface area contributed by atoms with Crippen molar-refractivity contribution in [2.45, 2.75) is 32.7 Å². The molecule has 0 aromatic heterocycles. The molecule has 138 valence electrons. The highest BCUT2D eigenvalue weighted by Gasteiger charge is 2.17. The third-order valence-electron chi connectivity index (χ3n) is 4.10. The Morgan fingerprint density at radius 2 is 1.73 bits per heavy atom. The van der Waals surface area contributed by atoms with Crippen molar-refractivity contribution in [3.8, 4) is 0 Å². The number of nitrogens with zero attached hydrogens (tertiary/aromatic N) is 1. The van der Waals surface area contributed by atoms with Crippen LogP contribution < -0.4 is 10.6 Å². The van der Waals surface area contributed by atoms with Gasteiger partial charge in [0.25, 0.3) is 5.69 Å². The number of benzene rings is 2. The van der Waals surface area contributed by atoms with Crippen LogP contribution in [0.1, 0.15) is 43.9 Å². The summed E-state index contributed by atoms with van der Waals surface area (Å²) in [6.45, 7) is 6.27. The summed E-state index contributed by atoms with van der Waals surface area (Å²) in [4.78, 5) is 22.6. The van der Waals surface area contributed by atoms with Gasteiger partial charge in [-0.3, -0.25) is 14.9 Å². The minimum absolute atomic E-state index is 0.0258. The molecule has 0 radical (unpaired) electrons. The van der Waals surface area contributed by atoms with E-state index in [2.05, 4.69) is 36.6 Å². The number of rotatable bonds is 7. The van der Waals surface area contributed by atoms with Crippen molar-refractivity contribution in [2.75, 3.05) is 11.9 Å². The third kappa shape index (κ3) is 5.28. The van der Waals surface area contributed by atoms with Gasteiger partial charge >= 0.3 is 0 Å². The van der Waals surface area contributed by atoms with Crippen LogP contribution in [0.15, 0.2) is 42.5 Å². The summed E-state index contributed by atoms with van der Waals surface area (Å²) < 4.78 is 0. The van der Waals surface area contributed by atoms with Crippen molar-refractivity contribution >= 4 is 28.9 Å². The molecule has 26 heavy (non-hydrogen) atoms. The normalized spacial score (nSPS) is 12.0. The van der Waals surface area contributed by atoms with Crippen molar-refractivity contribution in [3.05, 3.63) is 68.7 Å². The Morgan fingerprint density at radius 1 is 1.12 bits per heavy atom. The first-order chi connectivity index (χ1) is 12.3. The number of halogens is 1. The Morgan fingerprint density at radius 3 is 2.31 bits per heavy atom. The summed E-state index contributed by atoms with van der Waals surface area (Å²) in [5, 5.41) is 17.0. The maximum Gasteiger partial charge on any atom is 0.294 e. The molecule has 2 aromatic rings. The van der Waals surface area contributed by atoms with Crippen LogP contribution in [0.5, 0.6) is 0 Å². The van der Waals surface area contributed by atoms with Gasteiger partial charge < -0.3 is 10.6 Å². The maximum absolute atomic E-state index is 12.1. The van der Waals surface area contributed by atoms with E-state index in [1.165, 1.54) is 23.8 Å². The fourth-order valence-electron chi connectivity index (χ4n) is 2.49. The highest BCUT2D eigenvalue weighted by atomic mass is 35.5. The molecule has 7 heteroatoms. The number of hydrogen-bond acceptors (Lipinski definition) is 4. The summed E-state index contributed by atoms with van der Waals surface area (Å²) in [6, 6.07) is 12.3. The highest BCUT2D eigenvalue weighted by Crippen LogP contribution is 2.27. The predicted octanol–water partition coefficient (Wildman–Crippen LogP) is 4.66. The zero-order valence-corrected chi connectivity index (χ0v) is 15.7. The molecule has 0 saturated carbocycles. The highest BCUT2D eigenvalue weighted by molar-refractivity contribution is 6.31. The van der Waals surface area contributed by atoms with E-state index in [0.717, 1.165) is 5.56 Å². The number of nitro groups is 1. The third-order valence-corrected chi connectivity index (χ3v) is 4.34. The van der Waals surface area contributed by atoms with E-state index in [-0.39, 0.29) is 34.9 Å². The molecule has 0 unspecified atom stereocenters. The number of amides is 1. The zero-order chi connectivity index (χ0) is 19.3. The summed E-state index contributed by atoms with van der Waals surface area (Å²) in [5.74, 6) is 0.106. The molecule has 0 aliphatic rings. The summed E-state index contributed by atoms with van der Waals surface area (Å²) >= 11 is 5.77. The molecule has 6 nitrogen and oxygen atoms in total. The molecule has 0 saturated heterocycles. The topological polar surface area (TPSA) is 84.3 Å². The molecule has 0 fully saturated rings. The van der Waals surface area contributed by atoms with E-state index < -0.39 is 4.92 Å². The summed E-state index contributed by atoms with van der Waals surface area (Å²) in [6.07, 6.45) is 0. The Bertz CT molecular complexity index is 791. The molecule has 2 rings (SSSR count). The molecule has 0 bridgehead atoms. The number of carbonyl (C=O) groups excluding carboxylic acids is 1. The smallest absolute Gasteiger partial charge is 0.294 e. The van der Waals surface area contributed by atoms with E-state index in [1.807, 2.05) is 19.1 Å². The lowest BCUT2D eigenvalue weighted by atomic mass is 9.99. The van der Waals surface area contributed by atoms with Gasteiger partial charge in [0.2, 0.25) is 5.91 Å². The zero-order valence-electron chi connectivity index (χ0n) is 15.0. The summed E-state index contributed by atoms with van der Waals surface area (Å²) in [5.41, 5.74) is 2.22. The lowest BCUT2D eigenvalue weighted by molar-refractivity contribution is -0.383. The first kappa shape index (κ1) is 19.9. The lowest BCUT2D eigenvalue weighted by Crippen LogP contribution is -2.30. The number of anilines is 1. The predicted molar refractivity (Wildman–Crippen MR) is 104 cm³/mol. The van der Waals surface area contributed by atoms with Crippen LogP contribution in [0.25, 0.3) is 0 Å². The van der Waals surface area contributed by atoms with Gasteiger partial charge in [0, 0.05) is 17.1 Å². The second-order valence-corrected chi connectivity index (χ2v) is 6.83. The Balaban J connectivity index is 1.95. The molecule has 0 aliphatic heterocycles. The van der Waals surface area contributed by atoms with Crippen LogP contribution in [-0.2, 0) is 4.79 Å². The number of carbonyl (C=O) groups is 1. The van der Waals surface area contributed by atoms with Crippen molar-refractivity contribution in [1.82, 2.24) is 5.32 Å². The second kappa shape index (κ2) is 8.78. The van der Waals surface area contributed by atoms with E-state index in [0.29, 0.717) is 5.92 Å². The van der Waals surface area contributed by atoms with Gasteiger partial charge in [-0.1, -0.05) is 49.7 Å². The van der Waals surface area contributed by atoms with Crippen LogP contribution >= 0.6 is 11.6 Å². The van der Waals surface area contributed by atoms with E-state index in [1.54, 1.807) is 0 Å². The van der Waals surface area contributed by atoms with Crippen LogP contribution in [0.4, 0.5) is 11.4 Å². The Hall–Kier alpha value is -2.44. The van der Waals surface area contributed by atoms with E-state index >= 15 is 0 Å². The second-order valence-electron chi connectivity index (χ2n) is 6.39. The van der Waals surface area contributed by atoms with Gasteiger partial charge in [0.05, 0.1) is 11.5 Å². The first-order valence-electron chi connectivity index (χ1n) is 8.35. The van der Waals surface area contributed by atoms with Crippen molar-refractivity contribution in [1.29, 1.82) is 0 Å². The molecule has 0 aliphatic carbocycles. The minimum Gasteiger partial charge on any atom is -0.319 e. The number of nitro benzene ring substituents is 1. The Kier molecular flexibility index (Phi) is 6.71. The van der Waals surface area contributed by atoms with Gasteiger partial charge in [-0.25, -0.2) is 0 Å². The SMILES string of the molecule is CC(C)c1ccc([C@@H](C)NCC(=O)Nc2ccc(Cl)cc2[N+](=O)[O-])cc1. The molecule has 0 spiro atoms. The fraction of sp³-hybridized carbons (Fsp3) is 0.316. The van der Waals surface area contributed by atoms with Crippen LogP contribution in [0, 0.1) is 10.1 Å².